The summed E-state index contributed by atoms with van der Waals surface area (Å²) in [6.07, 6.45) is 6.33. The van der Waals surface area contributed by atoms with Crippen LogP contribution in [0.4, 0.5) is 11.4 Å². The lowest BCUT2D eigenvalue weighted by atomic mass is 10.00. The molecule has 2 aliphatic rings. The minimum absolute atomic E-state index is 0.113. The number of amides is 1. The van der Waals surface area contributed by atoms with Gasteiger partial charge in [-0.05, 0) is 54.8 Å². The Morgan fingerprint density at radius 1 is 1.15 bits per heavy atom. The van der Waals surface area contributed by atoms with Crippen molar-refractivity contribution in [2.45, 2.75) is 25.3 Å². The second-order valence-electron chi connectivity index (χ2n) is 8.20. The Bertz CT molecular complexity index is 1280. The maximum Gasteiger partial charge on any atom is 0.262 e. The first-order chi connectivity index (χ1) is 15.9. The van der Waals surface area contributed by atoms with Crippen LogP contribution in [0.3, 0.4) is 0 Å². The van der Waals surface area contributed by atoms with Crippen LogP contribution in [0.2, 0.25) is 0 Å². The highest BCUT2D eigenvalue weighted by Gasteiger charge is 2.36. The molecular formula is C23H24N4O5S. The fourth-order valence-corrected chi connectivity index (χ4v) is 5.02. The third kappa shape index (κ3) is 4.38. The molecule has 4 heterocycles. The minimum atomic E-state index is -3.41. The number of hydrogen-bond donors (Lipinski definition) is 1. The van der Waals surface area contributed by atoms with Crippen molar-refractivity contribution in [3.8, 4) is 0 Å². The maximum absolute atomic E-state index is 13.5. The Morgan fingerprint density at radius 2 is 1.97 bits per heavy atom. The Kier molecular flexibility index (Phi) is 5.45. The highest BCUT2D eigenvalue weighted by Crippen LogP contribution is 2.36. The van der Waals surface area contributed by atoms with Crippen LogP contribution in [-0.2, 0) is 21.2 Å². The summed E-state index contributed by atoms with van der Waals surface area (Å²) < 4.78 is 37.2. The predicted octanol–water partition coefficient (Wildman–Crippen LogP) is 3.37. The number of carbonyl (C=O) groups excluding carboxylic acids is 1. The summed E-state index contributed by atoms with van der Waals surface area (Å²) in [5.41, 5.74) is 2.99. The topological polar surface area (TPSA) is 108 Å². The van der Waals surface area contributed by atoms with Crippen molar-refractivity contribution in [1.82, 2.24) is 5.01 Å². The van der Waals surface area contributed by atoms with E-state index in [0.29, 0.717) is 35.9 Å². The summed E-state index contributed by atoms with van der Waals surface area (Å²) in [5, 5.41) is 6.06. The number of rotatable bonds is 6. The lowest BCUT2D eigenvalue weighted by Crippen LogP contribution is -2.40. The summed E-state index contributed by atoms with van der Waals surface area (Å²) in [5.74, 6) is 1.11. The molecule has 2 aliphatic heterocycles. The van der Waals surface area contributed by atoms with Gasteiger partial charge in [-0.1, -0.05) is 6.07 Å². The standard InChI is InChI=1S/C23H24N4O5S/c1-33(29,30)25-17-7-2-8-19-16(17)6-3-11-26(19)15-23(28)27-20(22-10-5-13-32-22)14-18(24-27)21-9-4-12-31-21/h2,4-5,7-10,12-13,20,25H,3,6,11,14-15H2,1H3. The molecule has 0 bridgehead atoms. The fraction of sp³-hybridized carbons (Fsp3) is 0.304. The zero-order chi connectivity index (χ0) is 23.0. The van der Waals surface area contributed by atoms with E-state index in [-0.39, 0.29) is 18.5 Å². The van der Waals surface area contributed by atoms with E-state index >= 15 is 0 Å². The first-order valence-electron chi connectivity index (χ1n) is 10.7. The Labute approximate surface area is 191 Å². The van der Waals surface area contributed by atoms with Crippen LogP contribution in [-0.4, -0.2) is 44.4 Å². The summed E-state index contributed by atoms with van der Waals surface area (Å²) in [6, 6.07) is 12.4. The minimum Gasteiger partial charge on any atom is -0.467 e. The number of nitrogens with zero attached hydrogens (tertiary/aromatic N) is 3. The van der Waals surface area contributed by atoms with Gasteiger partial charge in [-0.15, -0.1) is 0 Å². The lowest BCUT2D eigenvalue weighted by molar-refractivity contribution is -0.131. The molecule has 1 atom stereocenters. The molecule has 0 saturated carbocycles. The van der Waals surface area contributed by atoms with Crippen LogP contribution in [0, 0.1) is 0 Å². The summed E-state index contributed by atoms with van der Waals surface area (Å²) >= 11 is 0. The first kappa shape index (κ1) is 21.3. The first-order valence-corrected chi connectivity index (χ1v) is 12.6. The summed E-state index contributed by atoms with van der Waals surface area (Å²) in [7, 11) is -3.41. The van der Waals surface area contributed by atoms with E-state index in [0.717, 1.165) is 30.3 Å². The van der Waals surface area contributed by atoms with Gasteiger partial charge in [0.25, 0.3) is 5.91 Å². The van der Waals surface area contributed by atoms with E-state index in [2.05, 4.69) is 9.82 Å². The Balaban J connectivity index is 1.42. The van der Waals surface area contributed by atoms with Gasteiger partial charge in [-0.3, -0.25) is 9.52 Å². The van der Waals surface area contributed by atoms with Crippen LogP contribution < -0.4 is 9.62 Å². The van der Waals surface area contributed by atoms with Crippen molar-refractivity contribution < 1.29 is 22.0 Å². The zero-order valence-electron chi connectivity index (χ0n) is 18.1. The lowest BCUT2D eigenvalue weighted by Gasteiger charge is -2.33. The highest BCUT2D eigenvalue weighted by atomic mass is 32.2. The zero-order valence-corrected chi connectivity index (χ0v) is 18.9. The number of carbonyl (C=O) groups is 1. The number of fused-ring (bicyclic) bond motifs is 1. The molecule has 0 saturated heterocycles. The van der Waals surface area contributed by atoms with Gasteiger partial charge in [0.15, 0.2) is 0 Å². The van der Waals surface area contributed by atoms with Gasteiger partial charge < -0.3 is 13.7 Å². The Hall–Kier alpha value is -3.53. The molecular weight excluding hydrogens is 444 g/mol. The molecule has 1 amide bonds. The molecule has 0 radical (unpaired) electrons. The molecule has 1 unspecified atom stereocenters. The molecule has 0 fully saturated rings. The molecule has 33 heavy (non-hydrogen) atoms. The fourth-order valence-electron chi connectivity index (χ4n) is 4.43. The van der Waals surface area contributed by atoms with Gasteiger partial charge in [-0.25, -0.2) is 13.4 Å². The number of hydrazone groups is 1. The van der Waals surface area contributed by atoms with E-state index < -0.39 is 10.0 Å². The van der Waals surface area contributed by atoms with Crippen molar-refractivity contribution in [2.24, 2.45) is 5.10 Å². The van der Waals surface area contributed by atoms with E-state index in [9.17, 15) is 13.2 Å². The number of furan rings is 2. The second-order valence-corrected chi connectivity index (χ2v) is 9.95. The third-order valence-electron chi connectivity index (χ3n) is 5.81. The van der Waals surface area contributed by atoms with Crippen molar-refractivity contribution in [3.63, 3.8) is 0 Å². The molecule has 1 aromatic carbocycles. The van der Waals surface area contributed by atoms with E-state index in [1.165, 1.54) is 5.01 Å². The third-order valence-corrected chi connectivity index (χ3v) is 6.40. The highest BCUT2D eigenvalue weighted by molar-refractivity contribution is 7.92. The molecule has 9 nitrogen and oxygen atoms in total. The van der Waals surface area contributed by atoms with Crippen LogP contribution in [0.1, 0.15) is 36.0 Å². The van der Waals surface area contributed by atoms with E-state index in [1.807, 2.05) is 23.1 Å². The van der Waals surface area contributed by atoms with Gasteiger partial charge in [0, 0.05) is 18.7 Å². The van der Waals surface area contributed by atoms with Crippen LogP contribution in [0.5, 0.6) is 0 Å². The molecule has 0 spiro atoms. The molecule has 3 aromatic rings. The quantitative estimate of drug-likeness (QED) is 0.594. The number of sulfonamides is 1. The average Bonchev–Trinajstić information content (AvgIpc) is 3.54. The van der Waals surface area contributed by atoms with E-state index in [4.69, 9.17) is 8.83 Å². The van der Waals surface area contributed by atoms with Crippen molar-refractivity contribution >= 4 is 33.0 Å². The smallest absolute Gasteiger partial charge is 0.262 e. The molecule has 5 rings (SSSR count). The van der Waals surface area contributed by atoms with Gasteiger partial charge >= 0.3 is 0 Å². The average molecular weight is 469 g/mol. The van der Waals surface area contributed by atoms with Crippen molar-refractivity contribution in [2.75, 3.05) is 29.0 Å². The molecule has 0 aliphatic carbocycles. The van der Waals surface area contributed by atoms with Gasteiger partial charge in [0.2, 0.25) is 10.0 Å². The number of nitrogens with one attached hydrogen (secondary N) is 1. The number of anilines is 2. The maximum atomic E-state index is 13.5. The van der Waals surface area contributed by atoms with E-state index in [1.54, 1.807) is 36.8 Å². The normalized spacial score (nSPS) is 18.2. The predicted molar refractivity (Wildman–Crippen MR) is 124 cm³/mol. The molecule has 1 N–H and O–H groups in total. The second kappa shape index (κ2) is 8.43. The largest absolute Gasteiger partial charge is 0.467 e. The molecule has 172 valence electrons. The summed E-state index contributed by atoms with van der Waals surface area (Å²) in [4.78, 5) is 15.4. The Morgan fingerprint density at radius 3 is 2.70 bits per heavy atom. The van der Waals surface area contributed by atoms with Crippen molar-refractivity contribution in [1.29, 1.82) is 0 Å². The van der Waals surface area contributed by atoms with Crippen LogP contribution >= 0.6 is 0 Å². The van der Waals surface area contributed by atoms with Gasteiger partial charge in [0.1, 0.15) is 23.3 Å². The monoisotopic (exact) mass is 468 g/mol. The van der Waals surface area contributed by atoms with Gasteiger partial charge in [-0.2, -0.15) is 5.10 Å². The number of hydrogen-bond acceptors (Lipinski definition) is 7. The molecule has 10 heteroatoms. The van der Waals surface area contributed by atoms with Crippen molar-refractivity contribution in [3.05, 3.63) is 72.1 Å². The number of benzene rings is 1. The van der Waals surface area contributed by atoms with Crippen LogP contribution in [0.15, 0.2) is 68.9 Å². The SMILES string of the molecule is CS(=O)(=O)Nc1cccc2c1CCCN2CC(=O)N1N=C(c2ccco2)CC1c1ccco1. The summed E-state index contributed by atoms with van der Waals surface area (Å²) in [6.45, 7) is 0.802. The van der Waals surface area contributed by atoms with Gasteiger partial charge in [0.05, 0.1) is 31.0 Å². The molecule has 2 aromatic heterocycles. The van der Waals surface area contributed by atoms with Crippen LogP contribution in [0.25, 0.3) is 0 Å².